The van der Waals surface area contributed by atoms with Crippen LogP contribution in [0.25, 0.3) is 0 Å². The first kappa shape index (κ1) is 11.5. The third kappa shape index (κ3) is 2.26. The summed E-state index contributed by atoms with van der Waals surface area (Å²) in [7, 11) is 0. The van der Waals surface area contributed by atoms with E-state index in [0.29, 0.717) is 6.54 Å². The van der Waals surface area contributed by atoms with Crippen molar-refractivity contribution < 1.29 is 19.5 Å². The van der Waals surface area contributed by atoms with Gasteiger partial charge >= 0.3 is 12.0 Å². The quantitative estimate of drug-likeness (QED) is 0.675. The van der Waals surface area contributed by atoms with Gasteiger partial charge in [-0.15, -0.1) is 0 Å². The smallest absolute Gasteiger partial charge is 0.327 e. The van der Waals surface area contributed by atoms with Gasteiger partial charge in [-0.1, -0.05) is 0 Å². The maximum Gasteiger partial charge on any atom is 0.327 e. The van der Waals surface area contributed by atoms with E-state index < -0.39 is 18.0 Å². The molecule has 1 N–H and O–H groups in total. The van der Waals surface area contributed by atoms with Crippen LogP contribution in [0.1, 0.15) is 20.3 Å². The predicted molar refractivity (Wildman–Crippen MR) is 51.2 cm³/mol. The number of aliphatic carboxylic acids is 1. The Kier molecular flexibility index (Phi) is 3.28. The van der Waals surface area contributed by atoms with Gasteiger partial charge in [0.15, 0.2) is 0 Å². The Morgan fingerprint density at radius 1 is 1.53 bits per heavy atom. The standard InChI is InChI=1S/C9H14N2O4/c1-3-10-7(12)5-11(9(10)15)6(2)4-8(13)14/h6H,3-5H2,1-2H3,(H,13,14). The van der Waals surface area contributed by atoms with Gasteiger partial charge in [-0.2, -0.15) is 0 Å². The molecule has 1 heterocycles. The normalized spacial score (nSPS) is 18.5. The third-order valence-electron chi connectivity index (χ3n) is 2.40. The third-order valence-corrected chi connectivity index (χ3v) is 2.40. The van der Waals surface area contributed by atoms with Crippen LogP contribution in [0.3, 0.4) is 0 Å². The van der Waals surface area contributed by atoms with Crippen LogP contribution in [-0.2, 0) is 9.59 Å². The molecule has 1 atom stereocenters. The molecule has 1 fully saturated rings. The van der Waals surface area contributed by atoms with E-state index >= 15 is 0 Å². The van der Waals surface area contributed by atoms with Crippen molar-refractivity contribution in [2.24, 2.45) is 0 Å². The van der Waals surface area contributed by atoms with Crippen LogP contribution in [0.15, 0.2) is 0 Å². The first-order valence-corrected chi connectivity index (χ1v) is 4.80. The topological polar surface area (TPSA) is 77.9 Å². The second kappa shape index (κ2) is 4.29. The van der Waals surface area contributed by atoms with E-state index in [2.05, 4.69) is 0 Å². The van der Waals surface area contributed by atoms with Crippen molar-refractivity contribution in [3.05, 3.63) is 0 Å². The van der Waals surface area contributed by atoms with Crippen molar-refractivity contribution in [1.29, 1.82) is 0 Å². The molecule has 1 unspecified atom stereocenters. The predicted octanol–water partition coefficient (Wildman–Crippen LogP) is 0.134. The lowest BCUT2D eigenvalue weighted by molar-refractivity contribution is -0.138. The highest BCUT2D eigenvalue weighted by atomic mass is 16.4. The van der Waals surface area contributed by atoms with E-state index in [1.54, 1.807) is 13.8 Å². The van der Waals surface area contributed by atoms with Crippen LogP contribution in [0, 0.1) is 0 Å². The number of urea groups is 1. The monoisotopic (exact) mass is 214 g/mol. The lowest BCUT2D eigenvalue weighted by atomic mass is 10.2. The van der Waals surface area contributed by atoms with Gasteiger partial charge in [-0.25, -0.2) is 4.79 Å². The first-order valence-electron chi connectivity index (χ1n) is 4.80. The van der Waals surface area contributed by atoms with Crippen LogP contribution in [0.2, 0.25) is 0 Å². The second-order valence-corrected chi connectivity index (χ2v) is 3.50. The lowest BCUT2D eigenvalue weighted by Crippen LogP contribution is -2.38. The van der Waals surface area contributed by atoms with Gasteiger partial charge in [-0.3, -0.25) is 14.5 Å². The SMILES string of the molecule is CCN1C(=O)CN(C(C)CC(=O)O)C1=O. The Labute approximate surface area is 87.5 Å². The van der Waals surface area contributed by atoms with Gasteiger partial charge < -0.3 is 10.0 Å². The molecule has 0 aromatic rings. The summed E-state index contributed by atoms with van der Waals surface area (Å²) < 4.78 is 0. The largest absolute Gasteiger partial charge is 0.481 e. The molecule has 0 bridgehead atoms. The average Bonchev–Trinajstić information content (AvgIpc) is 2.40. The number of carbonyl (C=O) groups excluding carboxylic acids is 2. The summed E-state index contributed by atoms with van der Waals surface area (Å²) in [4.78, 5) is 35.8. The van der Waals surface area contributed by atoms with Crippen molar-refractivity contribution in [1.82, 2.24) is 9.80 Å². The number of hydrogen-bond acceptors (Lipinski definition) is 3. The van der Waals surface area contributed by atoms with E-state index in [4.69, 9.17) is 5.11 Å². The number of carboxylic acid groups (broad SMARTS) is 1. The molecular weight excluding hydrogens is 200 g/mol. The number of imide groups is 1. The van der Waals surface area contributed by atoms with Crippen molar-refractivity contribution in [3.63, 3.8) is 0 Å². The first-order chi connectivity index (χ1) is 6.97. The molecule has 0 aromatic carbocycles. The molecule has 1 saturated heterocycles. The summed E-state index contributed by atoms with van der Waals surface area (Å²) in [6.07, 6.45) is -0.142. The Bertz CT molecular complexity index is 302. The summed E-state index contributed by atoms with van der Waals surface area (Å²) in [6, 6.07) is -0.841. The zero-order valence-corrected chi connectivity index (χ0v) is 8.77. The minimum absolute atomic E-state index is 0.0128. The fourth-order valence-corrected chi connectivity index (χ4v) is 1.58. The van der Waals surface area contributed by atoms with Gasteiger partial charge in [0.25, 0.3) is 0 Å². The van der Waals surface area contributed by atoms with Crippen molar-refractivity contribution >= 4 is 17.9 Å². The Morgan fingerprint density at radius 3 is 2.53 bits per heavy atom. The van der Waals surface area contributed by atoms with Crippen molar-refractivity contribution in [2.75, 3.05) is 13.1 Å². The molecule has 0 saturated carbocycles. The summed E-state index contributed by atoms with van der Waals surface area (Å²) in [6.45, 7) is 3.65. The van der Waals surface area contributed by atoms with Crippen molar-refractivity contribution in [2.45, 2.75) is 26.3 Å². The van der Waals surface area contributed by atoms with Crippen LogP contribution < -0.4 is 0 Å². The van der Waals surface area contributed by atoms with Crippen LogP contribution >= 0.6 is 0 Å². The number of hydrogen-bond donors (Lipinski definition) is 1. The molecular formula is C9H14N2O4. The molecule has 0 spiro atoms. The lowest BCUT2D eigenvalue weighted by Gasteiger charge is -2.21. The van der Waals surface area contributed by atoms with Gasteiger partial charge in [0.2, 0.25) is 5.91 Å². The molecule has 3 amide bonds. The highest BCUT2D eigenvalue weighted by Crippen LogP contribution is 2.15. The Morgan fingerprint density at radius 2 is 2.13 bits per heavy atom. The van der Waals surface area contributed by atoms with Gasteiger partial charge in [-0.05, 0) is 13.8 Å². The highest BCUT2D eigenvalue weighted by molar-refractivity contribution is 6.02. The maximum atomic E-state index is 11.6. The minimum Gasteiger partial charge on any atom is -0.481 e. The van der Waals surface area contributed by atoms with E-state index in [1.807, 2.05) is 0 Å². The van der Waals surface area contributed by atoms with E-state index in [-0.39, 0.29) is 18.9 Å². The molecule has 0 radical (unpaired) electrons. The average molecular weight is 214 g/mol. The molecule has 0 aliphatic carbocycles. The second-order valence-electron chi connectivity index (χ2n) is 3.50. The minimum atomic E-state index is -0.974. The van der Waals surface area contributed by atoms with Gasteiger partial charge in [0, 0.05) is 12.6 Å². The summed E-state index contributed by atoms with van der Waals surface area (Å²) >= 11 is 0. The molecule has 6 nitrogen and oxygen atoms in total. The molecule has 84 valence electrons. The van der Waals surface area contributed by atoms with Crippen LogP contribution in [0.5, 0.6) is 0 Å². The Hall–Kier alpha value is -1.59. The highest BCUT2D eigenvalue weighted by Gasteiger charge is 2.37. The zero-order chi connectivity index (χ0) is 11.6. The summed E-state index contributed by atoms with van der Waals surface area (Å²) in [5.41, 5.74) is 0. The van der Waals surface area contributed by atoms with E-state index in [1.165, 1.54) is 4.90 Å². The summed E-state index contributed by atoms with van der Waals surface area (Å²) in [5, 5.41) is 8.58. The number of likely N-dealkylation sites (N-methyl/N-ethyl adjacent to an activating group) is 1. The number of amides is 3. The summed E-state index contributed by atoms with van der Waals surface area (Å²) in [5.74, 6) is -1.24. The van der Waals surface area contributed by atoms with Crippen LogP contribution in [-0.4, -0.2) is 51.9 Å². The van der Waals surface area contributed by atoms with Gasteiger partial charge in [0.1, 0.15) is 6.54 Å². The number of rotatable bonds is 4. The van der Waals surface area contributed by atoms with Gasteiger partial charge in [0.05, 0.1) is 6.42 Å². The molecule has 15 heavy (non-hydrogen) atoms. The fraction of sp³-hybridized carbons (Fsp3) is 0.667. The molecule has 6 heteroatoms. The van der Waals surface area contributed by atoms with Crippen molar-refractivity contribution in [3.8, 4) is 0 Å². The molecule has 1 rings (SSSR count). The zero-order valence-electron chi connectivity index (χ0n) is 8.77. The molecule has 1 aliphatic heterocycles. The van der Waals surface area contributed by atoms with E-state index in [0.717, 1.165) is 4.90 Å². The number of carbonyl (C=O) groups is 3. The number of carboxylic acids is 1. The molecule has 0 aromatic heterocycles. The Balaban J connectivity index is 2.69. The van der Waals surface area contributed by atoms with E-state index in [9.17, 15) is 14.4 Å². The number of nitrogens with zero attached hydrogens (tertiary/aromatic N) is 2. The van der Waals surface area contributed by atoms with Crippen LogP contribution in [0.4, 0.5) is 4.79 Å². The fourth-order valence-electron chi connectivity index (χ4n) is 1.58. The molecule has 1 aliphatic rings. The maximum absolute atomic E-state index is 11.6.